The Kier molecular flexibility index (Phi) is 9.93. The number of nitrogens with one attached hydrogen (secondary N) is 2. The van der Waals surface area contributed by atoms with E-state index in [9.17, 15) is 14.4 Å². The number of nitrogens with two attached hydrogens (primary N) is 1. The van der Waals surface area contributed by atoms with Crippen molar-refractivity contribution in [3.8, 4) is 5.75 Å². The smallest absolute Gasteiger partial charge is 0.242 e. The van der Waals surface area contributed by atoms with Gasteiger partial charge in [-0.15, -0.1) is 0 Å². The summed E-state index contributed by atoms with van der Waals surface area (Å²) in [5.41, 5.74) is 6.18. The van der Waals surface area contributed by atoms with Gasteiger partial charge in [-0.2, -0.15) is 0 Å². The molecule has 0 saturated heterocycles. The van der Waals surface area contributed by atoms with Gasteiger partial charge >= 0.3 is 0 Å². The van der Waals surface area contributed by atoms with Gasteiger partial charge in [-0.05, 0) is 42.9 Å². The third-order valence-corrected chi connectivity index (χ3v) is 3.97. The molecule has 3 amide bonds. The lowest BCUT2D eigenvalue weighted by atomic mass is 10.1. The van der Waals surface area contributed by atoms with Crippen molar-refractivity contribution in [1.82, 2.24) is 10.6 Å². The lowest BCUT2D eigenvalue weighted by Crippen LogP contribution is -2.46. The third kappa shape index (κ3) is 10.2. The van der Waals surface area contributed by atoms with Gasteiger partial charge in [0.1, 0.15) is 11.8 Å². The zero-order valence-corrected chi connectivity index (χ0v) is 16.4. The molecule has 0 unspecified atom stereocenters. The maximum atomic E-state index is 12.2. The van der Waals surface area contributed by atoms with E-state index < -0.39 is 11.9 Å². The Hall–Kier alpha value is -2.57. The second-order valence-corrected chi connectivity index (χ2v) is 6.97. The van der Waals surface area contributed by atoms with Crippen molar-refractivity contribution < 1.29 is 19.1 Å². The van der Waals surface area contributed by atoms with E-state index in [0.29, 0.717) is 25.5 Å². The van der Waals surface area contributed by atoms with Crippen LogP contribution in [0.5, 0.6) is 5.75 Å². The van der Waals surface area contributed by atoms with Gasteiger partial charge in [0.25, 0.3) is 0 Å². The molecule has 0 bridgehead atoms. The van der Waals surface area contributed by atoms with Crippen LogP contribution in [-0.4, -0.2) is 36.9 Å². The van der Waals surface area contributed by atoms with E-state index in [0.717, 1.165) is 17.7 Å². The standard InChI is InChI=1S/C20H31N3O4/c1-14(2)11-13-27-17-6-4-16(5-7-17)10-12-22-20(26)18(23-15(3)24)8-9-19(21)25/h4-7,14,18H,8-13H2,1-3H3,(H2,21,25)(H,22,26)(H,23,24)/t18-/m0/s1. The highest BCUT2D eigenvalue weighted by Crippen LogP contribution is 2.13. The first-order chi connectivity index (χ1) is 12.8. The SMILES string of the molecule is CC(=O)N[C@@H](CCC(N)=O)C(=O)NCCc1ccc(OCCC(C)C)cc1. The van der Waals surface area contributed by atoms with Crippen LogP contribution in [0.15, 0.2) is 24.3 Å². The first-order valence-electron chi connectivity index (χ1n) is 9.32. The van der Waals surface area contributed by atoms with Crippen molar-refractivity contribution in [2.45, 2.75) is 52.5 Å². The number of ether oxygens (including phenoxy) is 1. The first-order valence-corrected chi connectivity index (χ1v) is 9.32. The highest BCUT2D eigenvalue weighted by molar-refractivity contribution is 5.87. The van der Waals surface area contributed by atoms with E-state index in [1.165, 1.54) is 6.92 Å². The Balaban J connectivity index is 2.41. The van der Waals surface area contributed by atoms with Crippen LogP contribution in [-0.2, 0) is 20.8 Å². The van der Waals surface area contributed by atoms with Crippen LogP contribution in [0.25, 0.3) is 0 Å². The van der Waals surface area contributed by atoms with Gasteiger partial charge in [-0.3, -0.25) is 14.4 Å². The average molecular weight is 377 g/mol. The minimum atomic E-state index is -0.758. The molecular formula is C20H31N3O4. The molecule has 0 spiro atoms. The van der Waals surface area contributed by atoms with Crippen LogP contribution in [0.4, 0.5) is 0 Å². The molecule has 27 heavy (non-hydrogen) atoms. The number of rotatable bonds is 12. The van der Waals surface area contributed by atoms with Crippen molar-refractivity contribution >= 4 is 17.7 Å². The lowest BCUT2D eigenvalue weighted by Gasteiger charge is -2.17. The van der Waals surface area contributed by atoms with Gasteiger partial charge in [0, 0.05) is 19.9 Å². The van der Waals surface area contributed by atoms with Crippen molar-refractivity contribution in [1.29, 1.82) is 0 Å². The number of carbonyl (C=O) groups is 3. The molecule has 1 rings (SSSR count). The fraction of sp³-hybridized carbons (Fsp3) is 0.550. The lowest BCUT2D eigenvalue weighted by molar-refractivity contribution is -0.128. The zero-order valence-electron chi connectivity index (χ0n) is 16.4. The predicted octanol–water partition coefficient (Wildman–Crippen LogP) is 1.54. The number of benzene rings is 1. The fourth-order valence-corrected chi connectivity index (χ4v) is 2.42. The minimum Gasteiger partial charge on any atom is -0.494 e. The Morgan fingerprint density at radius 1 is 1.11 bits per heavy atom. The second-order valence-electron chi connectivity index (χ2n) is 6.97. The molecule has 7 heteroatoms. The molecule has 0 saturated carbocycles. The molecule has 1 aromatic rings. The molecule has 150 valence electrons. The van der Waals surface area contributed by atoms with Gasteiger partial charge in [-0.25, -0.2) is 0 Å². The minimum absolute atomic E-state index is 0.0383. The number of hydrogen-bond acceptors (Lipinski definition) is 4. The Bertz CT molecular complexity index is 614. The summed E-state index contributed by atoms with van der Waals surface area (Å²) in [6.45, 7) is 6.77. The second kappa shape index (κ2) is 11.9. The molecule has 1 aromatic carbocycles. The Labute approximate surface area is 161 Å². The van der Waals surface area contributed by atoms with Crippen molar-refractivity contribution in [2.75, 3.05) is 13.2 Å². The summed E-state index contributed by atoms with van der Waals surface area (Å²) < 4.78 is 5.68. The van der Waals surface area contributed by atoms with Crippen LogP contribution < -0.4 is 21.1 Å². The van der Waals surface area contributed by atoms with Gasteiger partial charge < -0.3 is 21.1 Å². The zero-order chi connectivity index (χ0) is 20.2. The first kappa shape index (κ1) is 22.5. The van der Waals surface area contributed by atoms with Crippen LogP contribution >= 0.6 is 0 Å². The summed E-state index contributed by atoms with van der Waals surface area (Å²) in [6.07, 6.45) is 1.89. The van der Waals surface area contributed by atoms with Crippen LogP contribution in [0.3, 0.4) is 0 Å². The summed E-state index contributed by atoms with van der Waals surface area (Å²) in [5, 5.41) is 5.33. The molecule has 0 radical (unpaired) electrons. The molecule has 0 aromatic heterocycles. The number of primary amides is 1. The average Bonchev–Trinajstić information content (AvgIpc) is 2.59. The molecular weight excluding hydrogens is 346 g/mol. The fourth-order valence-electron chi connectivity index (χ4n) is 2.42. The predicted molar refractivity (Wildman–Crippen MR) is 104 cm³/mol. The quantitative estimate of drug-likeness (QED) is 0.513. The van der Waals surface area contributed by atoms with E-state index in [4.69, 9.17) is 10.5 Å². The Morgan fingerprint density at radius 2 is 1.78 bits per heavy atom. The van der Waals surface area contributed by atoms with Gasteiger partial charge in [0.15, 0.2) is 0 Å². The van der Waals surface area contributed by atoms with Gasteiger partial charge in [0.05, 0.1) is 6.61 Å². The van der Waals surface area contributed by atoms with E-state index in [2.05, 4.69) is 24.5 Å². The number of carbonyl (C=O) groups excluding carboxylic acids is 3. The van der Waals surface area contributed by atoms with E-state index in [-0.39, 0.29) is 24.7 Å². The molecule has 0 fully saturated rings. The van der Waals surface area contributed by atoms with E-state index in [1.807, 2.05) is 24.3 Å². The van der Waals surface area contributed by atoms with Crippen molar-refractivity contribution in [3.05, 3.63) is 29.8 Å². The maximum absolute atomic E-state index is 12.2. The molecule has 0 aliphatic heterocycles. The molecule has 4 N–H and O–H groups in total. The highest BCUT2D eigenvalue weighted by atomic mass is 16.5. The van der Waals surface area contributed by atoms with Crippen molar-refractivity contribution in [3.63, 3.8) is 0 Å². The number of hydrogen-bond donors (Lipinski definition) is 3. The normalized spacial score (nSPS) is 11.7. The summed E-state index contributed by atoms with van der Waals surface area (Å²) in [4.78, 5) is 34.3. The summed E-state index contributed by atoms with van der Waals surface area (Å²) in [7, 11) is 0. The molecule has 7 nitrogen and oxygen atoms in total. The van der Waals surface area contributed by atoms with E-state index >= 15 is 0 Å². The molecule has 1 atom stereocenters. The summed E-state index contributed by atoms with van der Waals surface area (Å²) in [5.74, 6) is 0.291. The molecule has 0 heterocycles. The maximum Gasteiger partial charge on any atom is 0.242 e. The monoisotopic (exact) mass is 377 g/mol. The third-order valence-electron chi connectivity index (χ3n) is 3.97. The van der Waals surface area contributed by atoms with E-state index in [1.54, 1.807) is 0 Å². The Morgan fingerprint density at radius 3 is 2.33 bits per heavy atom. The number of amides is 3. The topological polar surface area (TPSA) is 111 Å². The van der Waals surface area contributed by atoms with Gasteiger partial charge in [0.2, 0.25) is 17.7 Å². The van der Waals surface area contributed by atoms with Crippen molar-refractivity contribution in [2.24, 2.45) is 11.7 Å². The van der Waals surface area contributed by atoms with Crippen LogP contribution in [0, 0.1) is 5.92 Å². The highest BCUT2D eigenvalue weighted by Gasteiger charge is 2.19. The van der Waals surface area contributed by atoms with Gasteiger partial charge in [-0.1, -0.05) is 26.0 Å². The molecule has 0 aliphatic rings. The summed E-state index contributed by atoms with van der Waals surface area (Å²) >= 11 is 0. The largest absolute Gasteiger partial charge is 0.494 e. The summed E-state index contributed by atoms with van der Waals surface area (Å²) in [6, 6.07) is 7.02. The van der Waals surface area contributed by atoms with Crippen LogP contribution in [0.1, 0.15) is 45.6 Å². The molecule has 0 aliphatic carbocycles. The van der Waals surface area contributed by atoms with Crippen LogP contribution in [0.2, 0.25) is 0 Å².